The van der Waals surface area contributed by atoms with Gasteiger partial charge in [0.1, 0.15) is 6.61 Å². The summed E-state index contributed by atoms with van der Waals surface area (Å²) in [5, 5.41) is 9.48. The number of aromatic nitrogens is 3. The van der Waals surface area contributed by atoms with Crippen molar-refractivity contribution in [1.82, 2.24) is 14.8 Å². The summed E-state index contributed by atoms with van der Waals surface area (Å²) in [5.74, 6) is 2.03. The maximum atomic E-state index is 13.7. The average Bonchev–Trinajstić information content (AvgIpc) is 3.40. The number of thioether (sulfide) groups is 1. The lowest BCUT2D eigenvalue weighted by Crippen LogP contribution is -2.30. The molecule has 39 heavy (non-hydrogen) atoms. The number of hydrogen-bond donors (Lipinski definition) is 0. The number of carbonyl (C=O) groups is 1. The van der Waals surface area contributed by atoms with E-state index >= 15 is 0 Å². The summed E-state index contributed by atoms with van der Waals surface area (Å²) in [6.45, 7) is 0.181. The molecule has 7 nitrogen and oxygen atoms in total. The van der Waals surface area contributed by atoms with Gasteiger partial charge in [0, 0.05) is 15.5 Å². The zero-order valence-corrected chi connectivity index (χ0v) is 22.7. The molecule has 0 saturated heterocycles. The highest BCUT2D eigenvalue weighted by Crippen LogP contribution is 2.48. The first-order valence-electron chi connectivity index (χ1n) is 12.3. The van der Waals surface area contributed by atoms with Gasteiger partial charge in [-0.25, -0.2) is 0 Å². The second-order valence-electron chi connectivity index (χ2n) is 8.56. The molecule has 6 rings (SSSR count). The second-order valence-corrected chi connectivity index (χ2v) is 10.6. The third-order valence-corrected chi connectivity index (χ3v) is 8.19. The predicted molar refractivity (Wildman–Crippen MR) is 154 cm³/mol. The summed E-state index contributed by atoms with van der Waals surface area (Å²) >= 11 is 3.03. The van der Waals surface area contributed by atoms with E-state index in [1.165, 1.54) is 11.8 Å². The molecular weight excluding hydrogens is 528 g/mol. The molecule has 4 aromatic carbocycles. The van der Waals surface area contributed by atoms with Crippen LogP contribution in [0.4, 0.5) is 11.4 Å². The summed E-state index contributed by atoms with van der Waals surface area (Å²) < 4.78 is 13.4. The fraction of sp³-hybridized carbons (Fsp3) is 0.100. The van der Waals surface area contributed by atoms with Crippen LogP contribution < -0.4 is 14.4 Å². The molecule has 5 aromatic rings. The van der Waals surface area contributed by atoms with Crippen molar-refractivity contribution in [3.8, 4) is 17.2 Å². The van der Waals surface area contributed by atoms with Gasteiger partial charge in [-0.1, -0.05) is 78.1 Å². The summed E-state index contributed by atoms with van der Waals surface area (Å²) in [7, 11) is 1.61. The highest BCUT2D eigenvalue weighted by molar-refractivity contribution is 8.00. The van der Waals surface area contributed by atoms with Gasteiger partial charge in [-0.15, -0.1) is 10.2 Å². The number of carbonyl (C=O) groups excluding carboxylic acids is 1. The van der Waals surface area contributed by atoms with Crippen molar-refractivity contribution in [2.75, 3.05) is 17.8 Å². The summed E-state index contributed by atoms with van der Waals surface area (Å²) in [6, 6.07) is 33.3. The smallest absolute Gasteiger partial charge is 0.242 e. The van der Waals surface area contributed by atoms with Crippen molar-refractivity contribution < 1.29 is 14.3 Å². The summed E-state index contributed by atoms with van der Waals surface area (Å²) in [4.78, 5) is 17.6. The SMILES string of the molecule is COc1ccccc1OCc1nnc(SCC(=O)N2c3ccccc3Sc3ccccc32)n1-c1ccccc1. The number of methoxy groups -OCH3 is 1. The summed E-state index contributed by atoms with van der Waals surface area (Å²) in [6.07, 6.45) is 0. The second kappa shape index (κ2) is 11.3. The molecule has 0 unspecified atom stereocenters. The number of para-hydroxylation sites is 5. The Bertz CT molecular complexity index is 1580. The van der Waals surface area contributed by atoms with Gasteiger partial charge in [0.25, 0.3) is 0 Å². The summed E-state index contributed by atoms with van der Waals surface area (Å²) in [5.41, 5.74) is 2.67. The first-order chi connectivity index (χ1) is 19.2. The fourth-order valence-corrected chi connectivity index (χ4v) is 6.25. The van der Waals surface area contributed by atoms with Crippen molar-refractivity contribution >= 4 is 40.8 Å². The molecule has 0 spiro atoms. The largest absolute Gasteiger partial charge is 0.493 e. The number of ether oxygens (including phenoxy) is 2. The molecule has 0 radical (unpaired) electrons. The Balaban J connectivity index is 1.27. The number of amides is 1. The van der Waals surface area contributed by atoms with E-state index in [0.29, 0.717) is 22.5 Å². The molecule has 194 valence electrons. The van der Waals surface area contributed by atoms with E-state index in [2.05, 4.69) is 10.2 Å². The highest BCUT2D eigenvalue weighted by atomic mass is 32.2. The maximum Gasteiger partial charge on any atom is 0.242 e. The molecule has 0 saturated carbocycles. The topological polar surface area (TPSA) is 69.5 Å². The van der Waals surface area contributed by atoms with Gasteiger partial charge in [-0.3, -0.25) is 14.3 Å². The van der Waals surface area contributed by atoms with E-state index < -0.39 is 0 Å². The van der Waals surface area contributed by atoms with E-state index in [1.54, 1.807) is 18.9 Å². The number of hydrogen-bond acceptors (Lipinski definition) is 7. The fourth-order valence-electron chi connectivity index (χ4n) is 4.37. The van der Waals surface area contributed by atoms with Crippen molar-refractivity contribution in [3.63, 3.8) is 0 Å². The number of anilines is 2. The van der Waals surface area contributed by atoms with E-state index in [1.807, 2.05) is 113 Å². The predicted octanol–water partition coefficient (Wildman–Crippen LogP) is 6.78. The van der Waals surface area contributed by atoms with Crippen molar-refractivity contribution in [1.29, 1.82) is 0 Å². The Morgan fingerprint density at radius 1 is 0.795 bits per heavy atom. The van der Waals surface area contributed by atoms with Crippen LogP contribution in [0.5, 0.6) is 11.5 Å². The Hall–Kier alpha value is -4.21. The molecule has 0 N–H and O–H groups in total. The van der Waals surface area contributed by atoms with Crippen LogP contribution in [0.3, 0.4) is 0 Å². The minimum atomic E-state index is -0.0327. The van der Waals surface area contributed by atoms with Crippen LogP contribution in [-0.4, -0.2) is 33.5 Å². The molecule has 1 aromatic heterocycles. The lowest BCUT2D eigenvalue weighted by molar-refractivity contribution is -0.115. The molecule has 1 aliphatic rings. The number of rotatable bonds is 8. The monoisotopic (exact) mass is 552 g/mol. The van der Waals surface area contributed by atoms with Crippen LogP contribution >= 0.6 is 23.5 Å². The zero-order chi connectivity index (χ0) is 26.6. The third kappa shape index (κ3) is 5.10. The molecule has 1 aliphatic heterocycles. The normalized spacial score (nSPS) is 12.0. The molecule has 1 amide bonds. The number of fused-ring (bicyclic) bond motifs is 2. The molecule has 0 bridgehead atoms. The molecule has 0 fully saturated rings. The average molecular weight is 553 g/mol. The maximum absolute atomic E-state index is 13.7. The molecule has 9 heteroatoms. The zero-order valence-electron chi connectivity index (χ0n) is 21.1. The number of nitrogens with zero attached hydrogens (tertiary/aromatic N) is 4. The van der Waals surface area contributed by atoms with Gasteiger partial charge in [-0.05, 0) is 48.5 Å². The van der Waals surface area contributed by atoms with E-state index in [-0.39, 0.29) is 18.3 Å². The first-order valence-corrected chi connectivity index (χ1v) is 14.1. The van der Waals surface area contributed by atoms with Crippen LogP contribution in [0.1, 0.15) is 5.82 Å². The number of benzene rings is 4. The first kappa shape index (κ1) is 25.1. The lowest BCUT2D eigenvalue weighted by atomic mass is 10.2. The minimum Gasteiger partial charge on any atom is -0.493 e. The van der Waals surface area contributed by atoms with E-state index in [9.17, 15) is 4.79 Å². The van der Waals surface area contributed by atoms with Gasteiger partial charge in [0.05, 0.1) is 24.2 Å². The van der Waals surface area contributed by atoms with Crippen molar-refractivity contribution in [2.24, 2.45) is 0 Å². The van der Waals surface area contributed by atoms with E-state index in [4.69, 9.17) is 9.47 Å². The van der Waals surface area contributed by atoms with Crippen LogP contribution in [0, 0.1) is 0 Å². The van der Waals surface area contributed by atoms with Crippen molar-refractivity contribution in [3.05, 3.63) is 109 Å². The van der Waals surface area contributed by atoms with Crippen LogP contribution in [-0.2, 0) is 11.4 Å². The Morgan fingerprint density at radius 2 is 1.41 bits per heavy atom. The van der Waals surface area contributed by atoms with Gasteiger partial charge < -0.3 is 9.47 Å². The van der Waals surface area contributed by atoms with Crippen molar-refractivity contribution in [2.45, 2.75) is 21.6 Å². The minimum absolute atomic E-state index is 0.0327. The van der Waals surface area contributed by atoms with E-state index in [0.717, 1.165) is 26.9 Å². The standard InChI is InChI=1S/C30H24N4O3S2/c1-36-24-15-7-8-16-25(24)37-19-28-31-32-30(33(28)21-11-3-2-4-12-21)38-20-29(35)34-22-13-5-9-17-26(22)39-27-18-10-6-14-23(27)34/h2-18H,19-20H2,1H3. The third-order valence-electron chi connectivity index (χ3n) is 6.15. The highest BCUT2D eigenvalue weighted by Gasteiger charge is 2.28. The Morgan fingerprint density at radius 3 is 2.10 bits per heavy atom. The van der Waals surface area contributed by atoms with Gasteiger partial charge >= 0.3 is 0 Å². The lowest BCUT2D eigenvalue weighted by Gasteiger charge is -2.30. The quantitative estimate of drug-likeness (QED) is 0.197. The molecule has 0 aliphatic carbocycles. The molecule has 2 heterocycles. The van der Waals surface area contributed by atoms with Gasteiger partial charge in [0.2, 0.25) is 5.91 Å². The van der Waals surface area contributed by atoms with Gasteiger partial charge in [0.15, 0.2) is 22.5 Å². The Labute approximate surface area is 234 Å². The molecule has 0 atom stereocenters. The van der Waals surface area contributed by atoms with Crippen LogP contribution in [0.25, 0.3) is 5.69 Å². The van der Waals surface area contributed by atoms with Crippen LogP contribution in [0.2, 0.25) is 0 Å². The Kier molecular flexibility index (Phi) is 7.25. The van der Waals surface area contributed by atoms with Crippen LogP contribution in [0.15, 0.2) is 118 Å². The molecular formula is C30H24N4O3S2. The van der Waals surface area contributed by atoms with Gasteiger partial charge in [-0.2, -0.15) is 0 Å².